The molecule has 0 radical (unpaired) electrons. The van der Waals surface area contributed by atoms with Gasteiger partial charge in [0.1, 0.15) is 5.75 Å². The number of nitrogen functional groups attached to an aromatic ring is 2. The van der Waals surface area contributed by atoms with Crippen LogP contribution in [0.25, 0.3) is 0 Å². The summed E-state index contributed by atoms with van der Waals surface area (Å²) in [6.07, 6.45) is 3.42. The number of hydrogen-bond acceptors (Lipinski definition) is 5. The summed E-state index contributed by atoms with van der Waals surface area (Å²) in [5.74, 6) is 0.617. The first-order valence-electron chi connectivity index (χ1n) is 8.29. The Hall–Kier alpha value is -2.53. The molecule has 1 aliphatic rings. The Kier molecular flexibility index (Phi) is 5.01. The van der Waals surface area contributed by atoms with Crippen LogP contribution in [0.1, 0.15) is 35.2 Å². The number of benzene rings is 2. The van der Waals surface area contributed by atoms with Crippen molar-refractivity contribution in [2.24, 2.45) is 0 Å². The minimum atomic E-state index is -0.0930. The number of nitrogens with two attached hydrogens (primary N) is 2. The van der Waals surface area contributed by atoms with Crippen LogP contribution in [0, 0.1) is 0 Å². The van der Waals surface area contributed by atoms with E-state index in [1.54, 1.807) is 30.3 Å². The Balaban J connectivity index is 1.65. The van der Waals surface area contributed by atoms with E-state index in [-0.39, 0.29) is 5.78 Å². The van der Waals surface area contributed by atoms with Crippen LogP contribution in [0.3, 0.4) is 0 Å². The van der Waals surface area contributed by atoms with Gasteiger partial charge in [-0.25, -0.2) is 0 Å². The number of hydrogen-bond donors (Lipinski definition) is 3. The molecule has 0 saturated carbocycles. The zero-order valence-corrected chi connectivity index (χ0v) is 13.6. The molecule has 126 valence electrons. The Morgan fingerprint density at radius 2 is 1.96 bits per heavy atom. The lowest BCUT2D eigenvalue weighted by atomic mass is 10.0. The molecule has 1 unspecified atom stereocenters. The van der Waals surface area contributed by atoms with E-state index in [0.717, 1.165) is 13.0 Å². The van der Waals surface area contributed by atoms with Gasteiger partial charge in [0.15, 0.2) is 5.78 Å². The molecule has 1 fully saturated rings. The largest absolute Gasteiger partial charge is 0.494 e. The maximum atomic E-state index is 12.6. The summed E-state index contributed by atoms with van der Waals surface area (Å²) in [5, 5.41) is 3.45. The molecule has 5 N–H and O–H groups in total. The van der Waals surface area contributed by atoms with Crippen molar-refractivity contribution >= 4 is 17.2 Å². The van der Waals surface area contributed by atoms with Gasteiger partial charge in [-0.05, 0) is 56.1 Å². The van der Waals surface area contributed by atoms with Crippen molar-refractivity contribution in [3.8, 4) is 5.75 Å². The van der Waals surface area contributed by atoms with Gasteiger partial charge in [-0.1, -0.05) is 12.1 Å². The van der Waals surface area contributed by atoms with Gasteiger partial charge >= 0.3 is 0 Å². The van der Waals surface area contributed by atoms with E-state index in [9.17, 15) is 4.79 Å². The molecule has 0 spiro atoms. The SMILES string of the molecule is Nc1ccc(C(=O)c2cccc(OCCC3CCCN3)c2)cc1N. The highest BCUT2D eigenvalue weighted by Crippen LogP contribution is 2.21. The maximum Gasteiger partial charge on any atom is 0.193 e. The molecule has 0 amide bonds. The molecule has 0 bridgehead atoms. The van der Waals surface area contributed by atoms with Gasteiger partial charge in [0.05, 0.1) is 18.0 Å². The van der Waals surface area contributed by atoms with Crippen molar-refractivity contribution in [2.75, 3.05) is 24.6 Å². The molecule has 3 rings (SSSR count). The molecule has 24 heavy (non-hydrogen) atoms. The van der Waals surface area contributed by atoms with Crippen LogP contribution in [-0.2, 0) is 0 Å². The number of nitrogens with one attached hydrogen (secondary N) is 1. The summed E-state index contributed by atoms with van der Waals surface area (Å²) in [6.45, 7) is 1.74. The van der Waals surface area contributed by atoms with E-state index in [2.05, 4.69) is 5.32 Å². The molecule has 2 aromatic rings. The highest BCUT2D eigenvalue weighted by molar-refractivity contribution is 6.10. The summed E-state index contributed by atoms with van der Waals surface area (Å²) in [5.41, 5.74) is 13.5. The topological polar surface area (TPSA) is 90.4 Å². The predicted molar refractivity (Wildman–Crippen MR) is 96.3 cm³/mol. The van der Waals surface area contributed by atoms with Crippen molar-refractivity contribution in [3.63, 3.8) is 0 Å². The quantitative estimate of drug-likeness (QED) is 0.561. The summed E-state index contributed by atoms with van der Waals surface area (Å²) < 4.78 is 5.80. The lowest BCUT2D eigenvalue weighted by molar-refractivity contribution is 0.103. The van der Waals surface area contributed by atoms with Crippen molar-refractivity contribution in [1.29, 1.82) is 0 Å². The second kappa shape index (κ2) is 7.36. The van der Waals surface area contributed by atoms with E-state index in [1.165, 1.54) is 12.8 Å². The van der Waals surface area contributed by atoms with Gasteiger partial charge in [0.25, 0.3) is 0 Å². The fraction of sp³-hybridized carbons (Fsp3) is 0.316. The van der Waals surface area contributed by atoms with Crippen molar-refractivity contribution in [2.45, 2.75) is 25.3 Å². The van der Waals surface area contributed by atoms with Crippen molar-refractivity contribution in [1.82, 2.24) is 5.32 Å². The first-order chi connectivity index (χ1) is 11.6. The van der Waals surface area contributed by atoms with E-state index < -0.39 is 0 Å². The van der Waals surface area contributed by atoms with Crippen LogP contribution in [0.2, 0.25) is 0 Å². The second-order valence-corrected chi connectivity index (χ2v) is 6.13. The van der Waals surface area contributed by atoms with Crippen molar-refractivity contribution in [3.05, 3.63) is 53.6 Å². The van der Waals surface area contributed by atoms with Gasteiger partial charge in [-0.2, -0.15) is 0 Å². The summed E-state index contributed by atoms with van der Waals surface area (Å²) >= 11 is 0. The molecule has 5 nitrogen and oxygen atoms in total. The summed E-state index contributed by atoms with van der Waals surface area (Å²) in [7, 11) is 0. The third-order valence-electron chi connectivity index (χ3n) is 4.34. The monoisotopic (exact) mass is 325 g/mol. The lowest BCUT2D eigenvalue weighted by Gasteiger charge is -2.12. The number of rotatable bonds is 6. The van der Waals surface area contributed by atoms with E-state index >= 15 is 0 Å². The second-order valence-electron chi connectivity index (χ2n) is 6.13. The van der Waals surface area contributed by atoms with Crippen LogP contribution in [0.15, 0.2) is 42.5 Å². The normalized spacial score (nSPS) is 16.9. The number of anilines is 2. The molecule has 2 aromatic carbocycles. The lowest BCUT2D eigenvalue weighted by Crippen LogP contribution is -2.23. The highest BCUT2D eigenvalue weighted by Gasteiger charge is 2.14. The van der Waals surface area contributed by atoms with Gasteiger partial charge < -0.3 is 21.5 Å². The standard InChI is InChI=1S/C19H23N3O2/c20-17-7-6-14(12-18(17)21)19(23)13-3-1-5-16(11-13)24-10-8-15-4-2-9-22-15/h1,3,5-7,11-12,15,22H,2,4,8-10,20-21H2. The van der Waals surface area contributed by atoms with Crippen LogP contribution < -0.4 is 21.5 Å². The molecular formula is C19H23N3O2. The maximum absolute atomic E-state index is 12.6. The molecule has 1 aliphatic heterocycles. The first kappa shape index (κ1) is 16.3. The predicted octanol–water partition coefficient (Wildman–Crippen LogP) is 2.60. The third kappa shape index (κ3) is 3.86. The fourth-order valence-electron chi connectivity index (χ4n) is 2.93. The number of carbonyl (C=O) groups is 1. The molecule has 1 heterocycles. The fourth-order valence-corrected chi connectivity index (χ4v) is 2.93. The Bertz CT molecular complexity index is 724. The molecule has 0 aliphatic carbocycles. The zero-order valence-electron chi connectivity index (χ0n) is 13.6. The first-order valence-corrected chi connectivity index (χ1v) is 8.29. The molecule has 1 saturated heterocycles. The van der Waals surface area contributed by atoms with Crippen LogP contribution in [-0.4, -0.2) is 25.0 Å². The zero-order chi connectivity index (χ0) is 16.9. The Labute approximate surface area is 142 Å². The van der Waals surface area contributed by atoms with E-state index in [0.29, 0.717) is 40.9 Å². The average Bonchev–Trinajstić information content (AvgIpc) is 3.10. The molecular weight excluding hydrogens is 302 g/mol. The number of carbonyl (C=O) groups excluding carboxylic acids is 1. The molecule has 1 atom stereocenters. The molecule has 0 aromatic heterocycles. The Morgan fingerprint density at radius 1 is 1.12 bits per heavy atom. The summed E-state index contributed by atoms with van der Waals surface area (Å²) in [6, 6.07) is 12.7. The minimum Gasteiger partial charge on any atom is -0.494 e. The van der Waals surface area contributed by atoms with Gasteiger partial charge in [0.2, 0.25) is 0 Å². The molecule has 5 heteroatoms. The van der Waals surface area contributed by atoms with Gasteiger partial charge in [-0.3, -0.25) is 4.79 Å². The van der Waals surface area contributed by atoms with Gasteiger partial charge in [-0.15, -0.1) is 0 Å². The van der Waals surface area contributed by atoms with Crippen LogP contribution in [0.4, 0.5) is 11.4 Å². The van der Waals surface area contributed by atoms with Crippen molar-refractivity contribution < 1.29 is 9.53 Å². The van der Waals surface area contributed by atoms with E-state index in [1.807, 2.05) is 12.1 Å². The smallest absolute Gasteiger partial charge is 0.193 e. The number of ketones is 1. The summed E-state index contributed by atoms with van der Waals surface area (Å²) in [4.78, 5) is 12.6. The third-order valence-corrected chi connectivity index (χ3v) is 4.34. The van der Waals surface area contributed by atoms with Crippen LogP contribution >= 0.6 is 0 Å². The average molecular weight is 325 g/mol. The van der Waals surface area contributed by atoms with Gasteiger partial charge in [0, 0.05) is 17.2 Å². The van der Waals surface area contributed by atoms with Crippen LogP contribution in [0.5, 0.6) is 5.75 Å². The van der Waals surface area contributed by atoms with E-state index in [4.69, 9.17) is 16.2 Å². The number of ether oxygens (including phenoxy) is 1. The Morgan fingerprint density at radius 3 is 2.71 bits per heavy atom. The highest BCUT2D eigenvalue weighted by atomic mass is 16.5. The minimum absolute atomic E-state index is 0.0930.